The van der Waals surface area contributed by atoms with E-state index in [1.54, 1.807) is 0 Å². The van der Waals surface area contributed by atoms with Crippen molar-refractivity contribution in [2.75, 3.05) is 13.6 Å². The van der Waals surface area contributed by atoms with Gasteiger partial charge in [-0.1, -0.05) is 38.1 Å². The molecule has 2 N–H and O–H groups in total. The van der Waals surface area contributed by atoms with Gasteiger partial charge in [0, 0.05) is 19.1 Å². The summed E-state index contributed by atoms with van der Waals surface area (Å²) in [5.74, 6) is 0.643. The molecule has 2 heteroatoms. The highest BCUT2D eigenvalue weighted by Gasteiger charge is 2.39. The molecule has 0 spiro atoms. The van der Waals surface area contributed by atoms with Crippen molar-refractivity contribution in [3.63, 3.8) is 0 Å². The molecular formula is C17H28N2. The van der Waals surface area contributed by atoms with Crippen molar-refractivity contribution in [3.05, 3.63) is 35.4 Å². The van der Waals surface area contributed by atoms with Gasteiger partial charge in [0.15, 0.2) is 0 Å². The smallest absolute Gasteiger partial charge is 0.0233 e. The van der Waals surface area contributed by atoms with E-state index in [0.717, 1.165) is 13.1 Å². The van der Waals surface area contributed by atoms with Crippen LogP contribution in [-0.4, -0.2) is 24.5 Å². The first-order chi connectivity index (χ1) is 8.90. The molecule has 2 rings (SSSR count). The van der Waals surface area contributed by atoms with Crippen LogP contribution in [-0.2, 0) is 6.54 Å². The van der Waals surface area contributed by atoms with Gasteiger partial charge in [0.1, 0.15) is 0 Å². The van der Waals surface area contributed by atoms with E-state index in [1.807, 2.05) is 0 Å². The third kappa shape index (κ3) is 3.37. The average molecular weight is 260 g/mol. The van der Waals surface area contributed by atoms with Crippen LogP contribution in [0.3, 0.4) is 0 Å². The molecule has 0 saturated heterocycles. The molecule has 0 bridgehead atoms. The lowest BCUT2D eigenvalue weighted by Crippen LogP contribution is -2.41. The van der Waals surface area contributed by atoms with Gasteiger partial charge >= 0.3 is 0 Å². The van der Waals surface area contributed by atoms with Gasteiger partial charge in [0.05, 0.1) is 0 Å². The molecule has 0 aliphatic heterocycles. The van der Waals surface area contributed by atoms with Crippen LogP contribution < -0.4 is 5.73 Å². The van der Waals surface area contributed by atoms with Crippen LogP contribution in [0.2, 0.25) is 0 Å². The van der Waals surface area contributed by atoms with Gasteiger partial charge in [-0.05, 0) is 49.3 Å². The van der Waals surface area contributed by atoms with E-state index < -0.39 is 0 Å². The molecule has 106 valence electrons. The molecule has 0 heterocycles. The molecule has 0 aromatic heterocycles. The van der Waals surface area contributed by atoms with Gasteiger partial charge in [-0.3, -0.25) is 0 Å². The molecule has 1 aromatic rings. The Balaban J connectivity index is 1.92. The number of hydrogen-bond acceptors (Lipinski definition) is 2. The maximum Gasteiger partial charge on any atom is 0.0233 e. The first kappa shape index (κ1) is 14.5. The Morgan fingerprint density at radius 2 is 2.00 bits per heavy atom. The Morgan fingerprint density at radius 3 is 2.58 bits per heavy atom. The van der Waals surface area contributed by atoms with Crippen LogP contribution in [0.4, 0.5) is 0 Å². The van der Waals surface area contributed by atoms with E-state index >= 15 is 0 Å². The maximum atomic E-state index is 6.40. The van der Waals surface area contributed by atoms with Crippen molar-refractivity contribution in [2.45, 2.75) is 46.2 Å². The molecule has 0 radical (unpaired) electrons. The Morgan fingerprint density at radius 1 is 1.32 bits per heavy atom. The van der Waals surface area contributed by atoms with Crippen LogP contribution in [0.5, 0.6) is 0 Å². The van der Waals surface area contributed by atoms with Crippen molar-refractivity contribution < 1.29 is 0 Å². The number of rotatable bonds is 4. The lowest BCUT2D eigenvalue weighted by molar-refractivity contribution is 0.229. The highest BCUT2D eigenvalue weighted by atomic mass is 15.1. The standard InChI is InChI=1S/C17H28N2/c1-13-7-5-6-8-14(13)11-19(4)12-15-9-10-17(2,3)16(15)18/h5-8,15-16H,9-12,18H2,1-4H3. The summed E-state index contributed by atoms with van der Waals surface area (Å²) in [6.07, 6.45) is 2.53. The molecule has 1 aliphatic carbocycles. The molecule has 2 nitrogen and oxygen atoms in total. The minimum absolute atomic E-state index is 0.314. The number of nitrogens with zero attached hydrogens (tertiary/aromatic N) is 1. The summed E-state index contributed by atoms with van der Waals surface area (Å²) >= 11 is 0. The number of nitrogens with two attached hydrogens (primary N) is 1. The molecule has 1 aromatic carbocycles. The van der Waals surface area contributed by atoms with Gasteiger partial charge in [-0.15, -0.1) is 0 Å². The molecule has 2 unspecified atom stereocenters. The maximum absolute atomic E-state index is 6.40. The molecular weight excluding hydrogens is 232 g/mol. The predicted octanol–water partition coefficient (Wildman–Crippen LogP) is 3.19. The largest absolute Gasteiger partial charge is 0.327 e. The van der Waals surface area contributed by atoms with E-state index in [9.17, 15) is 0 Å². The number of aryl methyl sites for hydroxylation is 1. The van der Waals surface area contributed by atoms with Crippen LogP contribution in [0.15, 0.2) is 24.3 Å². The fraction of sp³-hybridized carbons (Fsp3) is 0.647. The molecule has 1 saturated carbocycles. The van der Waals surface area contributed by atoms with E-state index in [-0.39, 0.29) is 0 Å². The van der Waals surface area contributed by atoms with Gasteiger partial charge in [-0.25, -0.2) is 0 Å². The van der Waals surface area contributed by atoms with Crippen molar-refractivity contribution in [1.82, 2.24) is 4.90 Å². The molecule has 0 amide bonds. The van der Waals surface area contributed by atoms with Crippen LogP contribution in [0, 0.1) is 18.3 Å². The third-order valence-corrected chi connectivity index (χ3v) is 4.82. The summed E-state index contributed by atoms with van der Waals surface area (Å²) in [6, 6.07) is 8.99. The minimum Gasteiger partial charge on any atom is -0.327 e. The minimum atomic E-state index is 0.314. The Hall–Kier alpha value is -0.860. The van der Waals surface area contributed by atoms with Crippen LogP contribution >= 0.6 is 0 Å². The summed E-state index contributed by atoms with van der Waals surface area (Å²) in [5, 5.41) is 0. The molecule has 2 atom stereocenters. The van der Waals surface area contributed by atoms with Crippen molar-refractivity contribution in [3.8, 4) is 0 Å². The molecule has 1 aliphatic rings. The van der Waals surface area contributed by atoms with Crippen LogP contribution in [0.1, 0.15) is 37.8 Å². The molecule has 1 fully saturated rings. The van der Waals surface area contributed by atoms with Gasteiger partial charge in [-0.2, -0.15) is 0 Å². The lowest BCUT2D eigenvalue weighted by atomic mass is 9.85. The zero-order chi connectivity index (χ0) is 14.0. The second-order valence-corrected chi connectivity index (χ2v) is 6.94. The Kier molecular flexibility index (Phi) is 4.32. The fourth-order valence-electron chi connectivity index (χ4n) is 3.29. The summed E-state index contributed by atoms with van der Waals surface area (Å²) in [6.45, 7) is 8.93. The lowest BCUT2D eigenvalue weighted by Gasteiger charge is -2.29. The first-order valence-corrected chi connectivity index (χ1v) is 7.39. The number of hydrogen-bond donors (Lipinski definition) is 1. The zero-order valence-corrected chi connectivity index (χ0v) is 12.8. The van der Waals surface area contributed by atoms with Crippen molar-refractivity contribution >= 4 is 0 Å². The summed E-state index contributed by atoms with van der Waals surface area (Å²) in [7, 11) is 2.21. The monoisotopic (exact) mass is 260 g/mol. The zero-order valence-electron chi connectivity index (χ0n) is 12.8. The highest BCUT2D eigenvalue weighted by Crippen LogP contribution is 2.40. The van der Waals surface area contributed by atoms with Gasteiger partial charge < -0.3 is 10.6 Å². The number of benzene rings is 1. The fourth-order valence-corrected chi connectivity index (χ4v) is 3.29. The quantitative estimate of drug-likeness (QED) is 0.901. The van der Waals surface area contributed by atoms with E-state index in [1.165, 1.54) is 24.0 Å². The third-order valence-electron chi connectivity index (χ3n) is 4.82. The van der Waals surface area contributed by atoms with E-state index in [0.29, 0.717) is 17.4 Å². The Bertz CT molecular complexity index is 425. The summed E-state index contributed by atoms with van der Waals surface area (Å²) < 4.78 is 0. The van der Waals surface area contributed by atoms with E-state index in [2.05, 4.69) is 57.0 Å². The highest BCUT2D eigenvalue weighted by molar-refractivity contribution is 5.25. The van der Waals surface area contributed by atoms with Crippen molar-refractivity contribution in [2.24, 2.45) is 17.1 Å². The predicted molar refractivity (Wildman–Crippen MR) is 82.0 cm³/mol. The van der Waals surface area contributed by atoms with Crippen LogP contribution in [0.25, 0.3) is 0 Å². The second-order valence-electron chi connectivity index (χ2n) is 6.94. The van der Waals surface area contributed by atoms with Crippen molar-refractivity contribution in [1.29, 1.82) is 0 Å². The normalized spacial score (nSPS) is 26.0. The van der Waals surface area contributed by atoms with Gasteiger partial charge in [0.25, 0.3) is 0 Å². The van der Waals surface area contributed by atoms with E-state index in [4.69, 9.17) is 5.73 Å². The second kappa shape index (κ2) is 5.64. The summed E-state index contributed by atoms with van der Waals surface area (Å²) in [5.41, 5.74) is 9.52. The SMILES string of the molecule is Cc1ccccc1CN(C)CC1CCC(C)(C)C1N. The topological polar surface area (TPSA) is 29.3 Å². The first-order valence-electron chi connectivity index (χ1n) is 7.39. The Labute approximate surface area is 118 Å². The van der Waals surface area contributed by atoms with Gasteiger partial charge in [0.2, 0.25) is 0 Å². The average Bonchev–Trinajstić information content (AvgIpc) is 2.59. The summed E-state index contributed by atoms with van der Waals surface area (Å²) in [4.78, 5) is 2.42. The molecule has 19 heavy (non-hydrogen) atoms.